The molecule has 2 aromatic carbocycles. The summed E-state index contributed by atoms with van der Waals surface area (Å²) in [5, 5.41) is 14.6. The third-order valence-corrected chi connectivity index (χ3v) is 3.00. The number of methoxy groups -OCH3 is 1. The molecule has 0 aliphatic heterocycles. The first-order valence-electron chi connectivity index (χ1n) is 6.55. The first-order chi connectivity index (χ1) is 10.5. The molecule has 0 aliphatic rings. The second-order valence-corrected chi connectivity index (χ2v) is 4.65. The van der Waals surface area contributed by atoms with E-state index in [4.69, 9.17) is 0 Å². The topological polar surface area (TPSA) is 87.7 Å². The number of amides is 2. The van der Waals surface area contributed by atoms with E-state index in [0.29, 0.717) is 16.9 Å². The Kier molecular flexibility index (Phi) is 4.63. The predicted molar refractivity (Wildman–Crippen MR) is 83.3 cm³/mol. The van der Waals surface area contributed by atoms with Crippen molar-refractivity contribution in [1.82, 2.24) is 0 Å². The zero-order valence-corrected chi connectivity index (χ0v) is 12.2. The van der Waals surface area contributed by atoms with E-state index < -0.39 is 12.0 Å². The van der Waals surface area contributed by atoms with Crippen LogP contribution in [0.2, 0.25) is 0 Å². The standard InChI is InChI=1S/C16H16N2O4/c1-10-8-13(19)6-7-14(10)18-16(21)17-12-5-3-4-11(9-12)15(20)22-2/h3-9,19H,1-2H3,(H2,17,18,21). The van der Waals surface area contributed by atoms with E-state index in [1.54, 1.807) is 37.3 Å². The van der Waals surface area contributed by atoms with Crippen LogP contribution in [0.5, 0.6) is 5.75 Å². The Hall–Kier alpha value is -3.02. The Balaban J connectivity index is 2.07. The van der Waals surface area contributed by atoms with Crippen LogP contribution in [0.1, 0.15) is 15.9 Å². The van der Waals surface area contributed by atoms with Gasteiger partial charge in [0.15, 0.2) is 0 Å². The van der Waals surface area contributed by atoms with Gasteiger partial charge in [-0.25, -0.2) is 9.59 Å². The van der Waals surface area contributed by atoms with Crippen molar-refractivity contribution in [3.8, 4) is 5.75 Å². The van der Waals surface area contributed by atoms with Gasteiger partial charge in [-0.15, -0.1) is 0 Å². The molecule has 0 saturated heterocycles. The van der Waals surface area contributed by atoms with Crippen LogP contribution in [0.25, 0.3) is 0 Å². The molecule has 2 aromatic rings. The predicted octanol–water partition coefficient (Wildman–Crippen LogP) is 3.13. The van der Waals surface area contributed by atoms with Crippen LogP contribution in [0.15, 0.2) is 42.5 Å². The zero-order chi connectivity index (χ0) is 16.1. The molecular formula is C16H16N2O4. The lowest BCUT2D eigenvalue weighted by molar-refractivity contribution is 0.0600. The van der Waals surface area contributed by atoms with Crippen LogP contribution >= 0.6 is 0 Å². The molecule has 6 heteroatoms. The maximum atomic E-state index is 12.0. The molecule has 0 aliphatic carbocycles. The lowest BCUT2D eigenvalue weighted by Crippen LogP contribution is -2.20. The number of esters is 1. The second kappa shape index (κ2) is 6.62. The lowest BCUT2D eigenvalue weighted by atomic mass is 10.2. The number of hydrogen-bond donors (Lipinski definition) is 3. The van der Waals surface area contributed by atoms with E-state index >= 15 is 0 Å². The number of benzene rings is 2. The van der Waals surface area contributed by atoms with E-state index in [2.05, 4.69) is 15.4 Å². The molecule has 114 valence electrons. The quantitative estimate of drug-likeness (QED) is 0.600. The Morgan fingerprint density at radius 2 is 1.86 bits per heavy atom. The fourth-order valence-corrected chi connectivity index (χ4v) is 1.91. The SMILES string of the molecule is COC(=O)c1cccc(NC(=O)Nc2ccc(O)cc2C)c1. The fourth-order valence-electron chi connectivity index (χ4n) is 1.91. The van der Waals surface area contributed by atoms with Crippen molar-refractivity contribution < 1.29 is 19.4 Å². The van der Waals surface area contributed by atoms with Crippen LogP contribution in [-0.4, -0.2) is 24.2 Å². The number of nitrogens with one attached hydrogen (secondary N) is 2. The molecule has 0 saturated carbocycles. The van der Waals surface area contributed by atoms with E-state index in [0.717, 1.165) is 5.56 Å². The number of phenolic OH excluding ortho intramolecular Hbond substituents is 1. The highest BCUT2D eigenvalue weighted by Crippen LogP contribution is 2.20. The molecule has 6 nitrogen and oxygen atoms in total. The average molecular weight is 300 g/mol. The molecule has 0 unspecified atom stereocenters. The first-order valence-corrected chi connectivity index (χ1v) is 6.55. The van der Waals surface area contributed by atoms with Crippen LogP contribution in [0.4, 0.5) is 16.2 Å². The Bertz CT molecular complexity index is 713. The third-order valence-electron chi connectivity index (χ3n) is 3.00. The Labute approximate surface area is 127 Å². The number of carbonyl (C=O) groups excluding carboxylic acids is 2. The van der Waals surface area contributed by atoms with Gasteiger partial charge in [0.25, 0.3) is 0 Å². The molecule has 3 N–H and O–H groups in total. The number of anilines is 2. The largest absolute Gasteiger partial charge is 0.508 e. The summed E-state index contributed by atoms with van der Waals surface area (Å²) in [6.07, 6.45) is 0. The van der Waals surface area contributed by atoms with E-state index in [1.807, 2.05) is 0 Å². The van der Waals surface area contributed by atoms with Crippen molar-refractivity contribution in [3.63, 3.8) is 0 Å². The van der Waals surface area contributed by atoms with Gasteiger partial charge in [0.05, 0.1) is 12.7 Å². The normalized spacial score (nSPS) is 9.91. The molecule has 0 fully saturated rings. The minimum Gasteiger partial charge on any atom is -0.508 e. The number of ether oxygens (including phenoxy) is 1. The summed E-state index contributed by atoms with van der Waals surface area (Å²) in [6, 6.07) is 10.6. The highest BCUT2D eigenvalue weighted by atomic mass is 16.5. The zero-order valence-electron chi connectivity index (χ0n) is 12.2. The summed E-state index contributed by atoms with van der Waals surface area (Å²) in [7, 11) is 1.29. The fraction of sp³-hybridized carbons (Fsp3) is 0.125. The molecule has 22 heavy (non-hydrogen) atoms. The van der Waals surface area contributed by atoms with Crippen LogP contribution in [0.3, 0.4) is 0 Å². The minimum absolute atomic E-state index is 0.134. The molecule has 0 aromatic heterocycles. The molecule has 0 spiro atoms. The molecule has 2 amide bonds. The third kappa shape index (κ3) is 3.76. The molecule has 2 rings (SSSR count). The highest BCUT2D eigenvalue weighted by Gasteiger charge is 2.09. The monoisotopic (exact) mass is 300 g/mol. The summed E-state index contributed by atoms with van der Waals surface area (Å²) >= 11 is 0. The summed E-state index contributed by atoms with van der Waals surface area (Å²) < 4.78 is 4.63. The van der Waals surface area contributed by atoms with E-state index in [1.165, 1.54) is 19.2 Å². The molecular weight excluding hydrogens is 284 g/mol. The van der Waals surface area contributed by atoms with Crippen LogP contribution < -0.4 is 10.6 Å². The number of aromatic hydroxyl groups is 1. The number of rotatable bonds is 3. The van der Waals surface area contributed by atoms with E-state index in [9.17, 15) is 14.7 Å². The molecule has 0 atom stereocenters. The number of hydrogen-bond acceptors (Lipinski definition) is 4. The van der Waals surface area contributed by atoms with Gasteiger partial charge in [0.2, 0.25) is 0 Å². The number of urea groups is 1. The van der Waals surface area contributed by atoms with Crippen LogP contribution in [0, 0.1) is 6.92 Å². The molecule has 0 radical (unpaired) electrons. The first kappa shape index (κ1) is 15.4. The van der Waals surface area contributed by atoms with Crippen molar-refractivity contribution in [3.05, 3.63) is 53.6 Å². The maximum absolute atomic E-state index is 12.0. The van der Waals surface area contributed by atoms with Gasteiger partial charge in [-0.05, 0) is 48.9 Å². The number of carbonyl (C=O) groups is 2. The summed E-state index contributed by atoms with van der Waals surface area (Å²) in [6.45, 7) is 1.77. The highest BCUT2D eigenvalue weighted by molar-refractivity contribution is 6.01. The molecule has 0 heterocycles. The minimum atomic E-state index is -0.474. The second-order valence-electron chi connectivity index (χ2n) is 4.65. The van der Waals surface area contributed by atoms with Gasteiger partial charge >= 0.3 is 12.0 Å². The summed E-state index contributed by atoms with van der Waals surface area (Å²) in [4.78, 5) is 23.4. The lowest BCUT2D eigenvalue weighted by Gasteiger charge is -2.10. The van der Waals surface area contributed by atoms with Crippen molar-refractivity contribution in [1.29, 1.82) is 0 Å². The maximum Gasteiger partial charge on any atom is 0.337 e. The van der Waals surface area contributed by atoms with Crippen molar-refractivity contribution >= 4 is 23.4 Å². The summed E-state index contributed by atoms with van der Waals surface area (Å²) in [5.41, 5.74) is 2.14. The molecule has 0 bridgehead atoms. The van der Waals surface area contributed by atoms with Crippen LogP contribution in [-0.2, 0) is 4.74 Å². The van der Waals surface area contributed by atoms with Crippen molar-refractivity contribution in [2.45, 2.75) is 6.92 Å². The van der Waals surface area contributed by atoms with Gasteiger partial charge < -0.3 is 20.5 Å². The van der Waals surface area contributed by atoms with Crippen molar-refractivity contribution in [2.75, 3.05) is 17.7 Å². The van der Waals surface area contributed by atoms with Crippen molar-refractivity contribution in [2.24, 2.45) is 0 Å². The smallest absolute Gasteiger partial charge is 0.337 e. The Morgan fingerprint density at radius 1 is 1.09 bits per heavy atom. The van der Waals surface area contributed by atoms with Gasteiger partial charge in [0, 0.05) is 11.4 Å². The number of aryl methyl sites for hydroxylation is 1. The summed E-state index contributed by atoms with van der Waals surface area (Å²) in [5.74, 6) is -0.340. The number of phenols is 1. The average Bonchev–Trinajstić information content (AvgIpc) is 2.49. The van der Waals surface area contributed by atoms with Gasteiger partial charge in [0.1, 0.15) is 5.75 Å². The van der Waals surface area contributed by atoms with Gasteiger partial charge in [-0.3, -0.25) is 0 Å². The van der Waals surface area contributed by atoms with Gasteiger partial charge in [-0.2, -0.15) is 0 Å². The van der Waals surface area contributed by atoms with E-state index in [-0.39, 0.29) is 5.75 Å². The van der Waals surface area contributed by atoms with Gasteiger partial charge in [-0.1, -0.05) is 6.07 Å². The Morgan fingerprint density at radius 3 is 2.55 bits per heavy atom.